The van der Waals surface area contributed by atoms with Crippen LogP contribution in [0.4, 0.5) is 0 Å². The molecule has 0 fully saturated rings. The SMILES string of the molecule is CCOc1ccc(C(=O)NC(C)COC)cc1. The van der Waals surface area contributed by atoms with Gasteiger partial charge in [-0.1, -0.05) is 0 Å². The second kappa shape index (κ2) is 6.91. The normalized spacial score (nSPS) is 11.9. The van der Waals surface area contributed by atoms with Crippen molar-refractivity contribution < 1.29 is 14.3 Å². The van der Waals surface area contributed by atoms with Crippen LogP contribution in [0.1, 0.15) is 24.2 Å². The fraction of sp³-hybridized carbons (Fsp3) is 0.462. The summed E-state index contributed by atoms with van der Waals surface area (Å²) >= 11 is 0. The fourth-order valence-electron chi connectivity index (χ4n) is 1.47. The third kappa shape index (κ3) is 4.44. The molecule has 94 valence electrons. The molecule has 0 aromatic heterocycles. The number of benzene rings is 1. The van der Waals surface area contributed by atoms with E-state index in [1.807, 2.05) is 13.8 Å². The lowest BCUT2D eigenvalue weighted by Crippen LogP contribution is -2.35. The molecule has 1 atom stereocenters. The second-order valence-electron chi connectivity index (χ2n) is 3.79. The first-order chi connectivity index (χ1) is 8.17. The third-order valence-electron chi connectivity index (χ3n) is 2.22. The molecular formula is C13H19NO3. The highest BCUT2D eigenvalue weighted by atomic mass is 16.5. The number of ether oxygens (including phenoxy) is 2. The molecule has 0 aliphatic carbocycles. The minimum atomic E-state index is -0.0994. The molecule has 1 amide bonds. The Morgan fingerprint density at radius 1 is 1.35 bits per heavy atom. The van der Waals surface area contributed by atoms with Gasteiger partial charge in [0, 0.05) is 18.7 Å². The van der Waals surface area contributed by atoms with Gasteiger partial charge in [0.1, 0.15) is 5.75 Å². The van der Waals surface area contributed by atoms with E-state index in [-0.39, 0.29) is 11.9 Å². The van der Waals surface area contributed by atoms with E-state index in [1.165, 1.54) is 0 Å². The summed E-state index contributed by atoms with van der Waals surface area (Å²) in [6.45, 7) is 4.95. The zero-order valence-electron chi connectivity index (χ0n) is 10.5. The first kappa shape index (κ1) is 13.5. The number of methoxy groups -OCH3 is 1. The highest BCUT2D eigenvalue weighted by Crippen LogP contribution is 2.12. The van der Waals surface area contributed by atoms with Crippen LogP contribution >= 0.6 is 0 Å². The van der Waals surface area contributed by atoms with Gasteiger partial charge in [-0.2, -0.15) is 0 Å². The number of nitrogens with one attached hydrogen (secondary N) is 1. The number of rotatable bonds is 6. The quantitative estimate of drug-likeness (QED) is 0.821. The van der Waals surface area contributed by atoms with Gasteiger partial charge in [-0.15, -0.1) is 0 Å². The first-order valence-corrected chi connectivity index (χ1v) is 5.70. The summed E-state index contributed by atoms with van der Waals surface area (Å²) < 4.78 is 10.3. The lowest BCUT2D eigenvalue weighted by molar-refractivity contribution is 0.0905. The topological polar surface area (TPSA) is 47.6 Å². The van der Waals surface area contributed by atoms with E-state index in [2.05, 4.69) is 5.32 Å². The molecule has 0 heterocycles. The standard InChI is InChI=1S/C13H19NO3/c1-4-17-12-7-5-11(6-8-12)13(15)14-10(2)9-16-3/h5-8,10H,4,9H2,1-3H3,(H,14,15). The average Bonchev–Trinajstić information content (AvgIpc) is 2.30. The number of amides is 1. The molecule has 1 aromatic rings. The van der Waals surface area contributed by atoms with Crippen LogP contribution in [-0.2, 0) is 4.74 Å². The summed E-state index contributed by atoms with van der Waals surface area (Å²) in [5.74, 6) is 0.673. The lowest BCUT2D eigenvalue weighted by Gasteiger charge is -2.12. The van der Waals surface area contributed by atoms with Crippen LogP contribution in [0.5, 0.6) is 5.75 Å². The molecule has 4 heteroatoms. The molecule has 0 bridgehead atoms. The van der Waals surface area contributed by atoms with Crippen molar-refractivity contribution in [3.05, 3.63) is 29.8 Å². The van der Waals surface area contributed by atoms with Crippen molar-refractivity contribution in [3.63, 3.8) is 0 Å². The summed E-state index contributed by atoms with van der Waals surface area (Å²) in [6.07, 6.45) is 0. The fourth-order valence-corrected chi connectivity index (χ4v) is 1.47. The molecule has 0 radical (unpaired) electrons. The number of carbonyl (C=O) groups excluding carboxylic acids is 1. The van der Waals surface area contributed by atoms with Gasteiger partial charge < -0.3 is 14.8 Å². The van der Waals surface area contributed by atoms with Crippen LogP contribution in [-0.4, -0.2) is 32.3 Å². The number of carbonyl (C=O) groups is 1. The Morgan fingerprint density at radius 2 is 2.00 bits per heavy atom. The maximum Gasteiger partial charge on any atom is 0.251 e. The maximum atomic E-state index is 11.8. The van der Waals surface area contributed by atoms with E-state index in [0.29, 0.717) is 18.8 Å². The van der Waals surface area contributed by atoms with Crippen LogP contribution < -0.4 is 10.1 Å². The van der Waals surface area contributed by atoms with Crippen molar-refractivity contribution in [1.29, 1.82) is 0 Å². The van der Waals surface area contributed by atoms with Gasteiger partial charge in [0.25, 0.3) is 5.91 Å². The van der Waals surface area contributed by atoms with Crippen LogP contribution in [0.15, 0.2) is 24.3 Å². The van der Waals surface area contributed by atoms with Crippen molar-refractivity contribution >= 4 is 5.91 Å². The molecule has 17 heavy (non-hydrogen) atoms. The summed E-state index contributed by atoms with van der Waals surface area (Å²) in [6, 6.07) is 7.08. The van der Waals surface area contributed by atoms with E-state index in [9.17, 15) is 4.79 Å². The van der Waals surface area contributed by atoms with Crippen LogP contribution in [0.3, 0.4) is 0 Å². The Kier molecular flexibility index (Phi) is 5.49. The summed E-state index contributed by atoms with van der Waals surface area (Å²) in [5.41, 5.74) is 0.622. The van der Waals surface area contributed by atoms with E-state index in [0.717, 1.165) is 5.75 Å². The molecule has 4 nitrogen and oxygen atoms in total. The molecule has 1 rings (SSSR count). The van der Waals surface area contributed by atoms with Gasteiger partial charge >= 0.3 is 0 Å². The molecule has 0 spiro atoms. The van der Waals surface area contributed by atoms with E-state index < -0.39 is 0 Å². The van der Waals surface area contributed by atoms with Crippen LogP contribution in [0.2, 0.25) is 0 Å². The van der Waals surface area contributed by atoms with Crippen molar-refractivity contribution in [2.45, 2.75) is 19.9 Å². The van der Waals surface area contributed by atoms with Gasteiger partial charge in [-0.3, -0.25) is 4.79 Å². The molecule has 1 unspecified atom stereocenters. The van der Waals surface area contributed by atoms with E-state index in [4.69, 9.17) is 9.47 Å². The van der Waals surface area contributed by atoms with Gasteiger partial charge in [0.15, 0.2) is 0 Å². The smallest absolute Gasteiger partial charge is 0.251 e. The first-order valence-electron chi connectivity index (χ1n) is 5.70. The predicted molar refractivity (Wildman–Crippen MR) is 66.4 cm³/mol. The van der Waals surface area contributed by atoms with Crippen LogP contribution in [0, 0.1) is 0 Å². The molecule has 1 N–H and O–H groups in total. The minimum absolute atomic E-state index is 0.000863. The maximum absolute atomic E-state index is 11.8. The highest BCUT2D eigenvalue weighted by molar-refractivity contribution is 5.94. The third-order valence-corrected chi connectivity index (χ3v) is 2.22. The van der Waals surface area contributed by atoms with Crippen molar-refractivity contribution in [3.8, 4) is 5.75 Å². The van der Waals surface area contributed by atoms with Crippen molar-refractivity contribution in [1.82, 2.24) is 5.32 Å². The van der Waals surface area contributed by atoms with Gasteiger partial charge in [0.2, 0.25) is 0 Å². The van der Waals surface area contributed by atoms with Crippen molar-refractivity contribution in [2.24, 2.45) is 0 Å². The van der Waals surface area contributed by atoms with Crippen molar-refractivity contribution in [2.75, 3.05) is 20.3 Å². The number of hydrogen-bond donors (Lipinski definition) is 1. The highest BCUT2D eigenvalue weighted by Gasteiger charge is 2.09. The average molecular weight is 237 g/mol. The zero-order valence-corrected chi connectivity index (χ0v) is 10.5. The Labute approximate surface area is 102 Å². The van der Waals surface area contributed by atoms with Gasteiger partial charge in [-0.05, 0) is 38.1 Å². The second-order valence-corrected chi connectivity index (χ2v) is 3.79. The largest absolute Gasteiger partial charge is 0.494 e. The molecule has 0 saturated carbocycles. The monoisotopic (exact) mass is 237 g/mol. The molecule has 0 aliphatic heterocycles. The molecule has 1 aromatic carbocycles. The summed E-state index contributed by atoms with van der Waals surface area (Å²) in [5, 5.41) is 2.84. The Bertz CT molecular complexity index is 348. The van der Waals surface area contributed by atoms with Crippen LogP contribution in [0.25, 0.3) is 0 Å². The molecule has 0 saturated heterocycles. The summed E-state index contributed by atoms with van der Waals surface area (Å²) in [7, 11) is 1.61. The zero-order chi connectivity index (χ0) is 12.7. The molecular weight excluding hydrogens is 218 g/mol. The Balaban J connectivity index is 2.57. The Hall–Kier alpha value is -1.55. The van der Waals surface area contributed by atoms with Gasteiger partial charge in [0.05, 0.1) is 13.2 Å². The summed E-state index contributed by atoms with van der Waals surface area (Å²) in [4.78, 5) is 11.8. The minimum Gasteiger partial charge on any atom is -0.494 e. The number of hydrogen-bond acceptors (Lipinski definition) is 3. The predicted octanol–water partition coefficient (Wildman–Crippen LogP) is 1.85. The van der Waals surface area contributed by atoms with E-state index >= 15 is 0 Å². The van der Waals surface area contributed by atoms with Gasteiger partial charge in [-0.25, -0.2) is 0 Å². The molecule has 0 aliphatic rings. The van der Waals surface area contributed by atoms with E-state index in [1.54, 1.807) is 31.4 Å². The lowest BCUT2D eigenvalue weighted by atomic mass is 10.2. The Morgan fingerprint density at radius 3 is 2.53 bits per heavy atom.